The van der Waals surface area contributed by atoms with Gasteiger partial charge in [0, 0.05) is 27.5 Å². The highest BCUT2D eigenvalue weighted by atomic mass is 32.2. The van der Waals surface area contributed by atoms with Crippen LogP contribution in [0, 0.1) is 17.2 Å². The lowest BCUT2D eigenvalue weighted by Crippen LogP contribution is -2.29. The third-order valence-corrected chi connectivity index (χ3v) is 7.07. The summed E-state index contributed by atoms with van der Waals surface area (Å²) in [6.45, 7) is 0. The Bertz CT molecular complexity index is 1610. The van der Waals surface area contributed by atoms with Crippen LogP contribution >= 0.6 is 11.8 Å². The van der Waals surface area contributed by atoms with Crippen molar-refractivity contribution in [3.8, 4) is 23.0 Å². The minimum Gasteiger partial charge on any atom is -0.325 e. The normalized spacial score (nSPS) is 12.3. The van der Waals surface area contributed by atoms with E-state index >= 15 is 0 Å². The summed E-state index contributed by atoms with van der Waals surface area (Å²) in [5, 5.41) is 19.6. The standard InChI is InChI=1S/C28H19N5O4S/c29-14-20(28(37)30-17-8-3-1-4-9-17)26(36)24-21-16-38-27-19(12-7-13-22(27)31-23(35)15-34)25(21)33(32-24)18-10-5-2-6-11-18/h1-13,15,20H,16H2,(H,30,37)(H,31,35). The molecule has 0 spiro atoms. The molecular weight excluding hydrogens is 502 g/mol. The maximum atomic E-state index is 13.6. The van der Waals surface area contributed by atoms with Crippen LogP contribution in [0.1, 0.15) is 16.1 Å². The van der Waals surface area contributed by atoms with Crippen LogP contribution in [0.5, 0.6) is 0 Å². The number of nitriles is 1. The number of Topliss-reactive ketones (excluding diaryl/α,β-unsaturated/α-hetero) is 1. The largest absolute Gasteiger partial charge is 0.325 e. The monoisotopic (exact) mass is 521 g/mol. The number of rotatable bonds is 7. The van der Waals surface area contributed by atoms with Crippen LogP contribution in [0.4, 0.5) is 11.4 Å². The molecule has 1 aliphatic heterocycles. The molecule has 0 saturated carbocycles. The summed E-state index contributed by atoms with van der Waals surface area (Å²) in [6, 6.07) is 24.8. The van der Waals surface area contributed by atoms with Crippen molar-refractivity contribution in [3.05, 3.63) is 90.1 Å². The summed E-state index contributed by atoms with van der Waals surface area (Å²) in [7, 11) is 0. The van der Waals surface area contributed by atoms with Crippen molar-refractivity contribution < 1.29 is 19.2 Å². The number of para-hydroxylation sites is 2. The first-order chi connectivity index (χ1) is 18.5. The average Bonchev–Trinajstić information content (AvgIpc) is 3.35. The van der Waals surface area contributed by atoms with Gasteiger partial charge >= 0.3 is 0 Å². The van der Waals surface area contributed by atoms with Gasteiger partial charge in [-0.25, -0.2) is 4.68 Å². The van der Waals surface area contributed by atoms with Crippen molar-refractivity contribution in [3.63, 3.8) is 0 Å². The zero-order chi connectivity index (χ0) is 26.6. The van der Waals surface area contributed by atoms with Gasteiger partial charge in [0.25, 0.3) is 5.91 Å². The molecule has 2 amide bonds. The molecule has 0 radical (unpaired) electrons. The molecule has 38 heavy (non-hydrogen) atoms. The zero-order valence-electron chi connectivity index (χ0n) is 19.8. The van der Waals surface area contributed by atoms with E-state index in [1.165, 1.54) is 11.8 Å². The van der Waals surface area contributed by atoms with Crippen molar-refractivity contribution in [1.29, 1.82) is 5.26 Å². The molecule has 9 nitrogen and oxygen atoms in total. The number of fused-ring (bicyclic) bond motifs is 3. The van der Waals surface area contributed by atoms with E-state index in [0.29, 0.717) is 44.5 Å². The SMILES string of the molecule is N#CC(C(=O)Nc1ccccc1)C(=O)c1nn(-c2ccccc2)c2c1CSc1c(NC(=O)C=O)cccc1-2. The molecule has 10 heteroatoms. The molecule has 186 valence electrons. The summed E-state index contributed by atoms with van der Waals surface area (Å²) < 4.78 is 1.61. The van der Waals surface area contributed by atoms with Crippen molar-refractivity contribution in [2.75, 3.05) is 10.6 Å². The summed E-state index contributed by atoms with van der Waals surface area (Å²) in [6.07, 6.45) is 0.200. The molecule has 0 saturated heterocycles. The molecule has 5 rings (SSSR count). The maximum Gasteiger partial charge on any atom is 0.288 e. The van der Waals surface area contributed by atoms with E-state index in [1.807, 2.05) is 42.5 Å². The van der Waals surface area contributed by atoms with Crippen LogP contribution in [0.15, 0.2) is 83.8 Å². The second-order valence-electron chi connectivity index (χ2n) is 8.28. The summed E-state index contributed by atoms with van der Waals surface area (Å²) in [5.74, 6) is -3.54. The molecule has 1 aliphatic rings. The molecule has 2 heterocycles. The number of thioether (sulfide) groups is 1. The molecule has 0 fully saturated rings. The minimum absolute atomic E-state index is 0.0269. The van der Waals surface area contributed by atoms with Crippen LogP contribution in [0.25, 0.3) is 16.9 Å². The first-order valence-corrected chi connectivity index (χ1v) is 12.5. The van der Waals surface area contributed by atoms with Gasteiger partial charge in [-0.3, -0.25) is 19.2 Å². The van der Waals surface area contributed by atoms with E-state index in [4.69, 9.17) is 0 Å². The highest BCUT2D eigenvalue weighted by Gasteiger charge is 2.36. The van der Waals surface area contributed by atoms with Gasteiger partial charge in [0.1, 0.15) is 5.69 Å². The number of nitrogens with one attached hydrogen (secondary N) is 2. The third-order valence-electron chi connectivity index (χ3n) is 5.91. The van der Waals surface area contributed by atoms with Crippen LogP contribution in [-0.2, 0) is 20.1 Å². The molecule has 1 unspecified atom stereocenters. The van der Waals surface area contributed by atoms with Gasteiger partial charge in [0.2, 0.25) is 18.0 Å². The predicted octanol–water partition coefficient (Wildman–Crippen LogP) is 4.24. The third kappa shape index (κ3) is 4.58. The molecule has 4 aromatic rings. The second-order valence-corrected chi connectivity index (χ2v) is 9.27. The number of carbonyl (C=O) groups excluding carboxylic acids is 4. The Morgan fingerprint density at radius 3 is 2.37 bits per heavy atom. The quantitative estimate of drug-likeness (QED) is 0.161. The number of hydrogen-bond donors (Lipinski definition) is 2. The van der Waals surface area contributed by atoms with Gasteiger partial charge in [-0.2, -0.15) is 10.4 Å². The number of anilines is 2. The van der Waals surface area contributed by atoms with Crippen LogP contribution in [0.3, 0.4) is 0 Å². The van der Waals surface area contributed by atoms with Gasteiger partial charge < -0.3 is 10.6 Å². The van der Waals surface area contributed by atoms with Gasteiger partial charge in [-0.1, -0.05) is 48.5 Å². The fourth-order valence-corrected chi connectivity index (χ4v) is 5.37. The summed E-state index contributed by atoms with van der Waals surface area (Å²) >= 11 is 1.36. The molecule has 0 bridgehead atoms. The molecule has 3 aromatic carbocycles. The molecule has 2 N–H and O–H groups in total. The van der Waals surface area contributed by atoms with Crippen LogP contribution in [-0.4, -0.2) is 33.7 Å². The summed E-state index contributed by atoms with van der Waals surface area (Å²) in [4.78, 5) is 50.0. The Labute approximate surface area is 221 Å². The van der Waals surface area contributed by atoms with E-state index in [1.54, 1.807) is 47.1 Å². The lowest BCUT2D eigenvalue weighted by atomic mass is 9.97. The Morgan fingerprint density at radius 1 is 0.974 bits per heavy atom. The fraction of sp³-hybridized carbons (Fsp3) is 0.0714. The van der Waals surface area contributed by atoms with Crippen LogP contribution < -0.4 is 10.6 Å². The number of nitrogens with zero attached hydrogens (tertiary/aromatic N) is 3. The Morgan fingerprint density at radius 2 is 1.68 bits per heavy atom. The highest BCUT2D eigenvalue weighted by molar-refractivity contribution is 7.99. The predicted molar refractivity (Wildman–Crippen MR) is 142 cm³/mol. The van der Waals surface area contributed by atoms with Crippen molar-refractivity contribution in [2.24, 2.45) is 5.92 Å². The van der Waals surface area contributed by atoms with E-state index in [-0.39, 0.29) is 12.0 Å². The zero-order valence-corrected chi connectivity index (χ0v) is 20.6. The van der Waals surface area contributed by atoms with E-state index in [9.17, 15) is 24.4 Å². The van der Waals surface area contributed by atoms with Crippen LogP contribution in [0.2, 0.25) is 0 Å². The number of ketones is 1. The lowest BCUT2D eigenvalue weighted by molar-refractivity contribution is -0.127. The Kier molecular flexibility index (Phi) is 6.84. The number of amides is 2. The van der Waals surface area contributed by atoms with E-state index in [0.717, 1.165) is 0 Å². The fourth-order valence-electron chi connectivity index (χ4n) is 4.21. The van der Waals surface area contributed by atoms with Gasteiger partial charge in [-0.15, -0.1) is 11.8 Å². The minimum atomic E-state index is -1.61. The number of carbonyl (C=O) groups is 4. The van der Waals surface area contributed by atoms with Crippen molar-refractivity contribution in [1.82, 2.24) is 9.78 Å². The van der Waals surface area contributed by atoms with E-state index in [2.05, 4.69) is 15.7 Å². The second kappa shape index (κ2) is 10.5. The number of hydrogen-bond acceptors (Lipinski definition) is 7. The number of aldehydes is 1. The van der Waals surface area contributed by atoms with Crippen molar-refractivity contribution in [2.45, 2.75) is 10.6 Å². The highest BCUT2D eigenvalue weighted by Crippen LogP contribution is 2.47. The Balaban J connectivity index is 1.61. The number of benzene rings is 3. The lowest BCUT2D eigenvalue weighted by Gasteiger charge is -2.21. The molecule has 1 atom stereocenters. The maximum absolute atomic E-state index is 13.6. The summed E-state index contributed by atoms with van der Waals surface area (Å²) in [5.41, 5.74) is 3.50. The first-order valence-electron chi connectivity index (χ1n) is 11.5. The van der Waals surface area contributed by atoms with Gasteiger partial charge in [0.15, 0.2) is 5.92 Å². The average molecular weight is 522 g/mol. The first kappa shape index (κ1) is 24.7. The Hall–Kier alpha value is -5.01. The number of aromatic nitrogens is 2. The molecular formula is C28H19N5O4S. The molecule has 0 aliphatic carbocycles. The van der Waals surface area contributed by atoms with Crippen molar-refractivity contribution >= 4 is 47.0 Å². The topological polar surface area (TPSA) is 134 Å². The molecule has 1 aromatic heterocycles. The smallest absolute Gasteiger partial charge is 0.288 e. The van der Waals surface area contributed by atoms with Gasteiger partial charge in [-0.05, 0) is 30.3 Å². The van der Waals surface area contributed by atoms with E-state index < -0.39 is 23.5 Å². The van der Waals surface area contributed by atoms with Gasteiger partial charge in [0.05, 0.1) is 23.1 Å².